The molecule has 20 heavy (non-hydrogen) atoms. The summed E-state index contributed by atoms with van der Waals surface area (Å²) in [6.45, 7) is 0. The molecule has 0 bridgehead atoms. The Bertz CT molecular complexity index is 525. The van der Waals surface area contributed by atoms with Crippen molar-refractivity contribution in [2.24, 2.45) is 0 Å². The third-order valence-electron chi connectivity index (χ3n) is 2.93. The van der Waals surface area contributed by atoms with E-state index in [9.17, 15) is 4.79 Å². The fourth-order valence-electron chi connectivity index (χ4n) is 2.04. The van der Waals surface area contributed by atoms with Gasteiger partial charge in [0.15, 0.2) is 17.4 Å². The van der Waals surface area contributed by atoms with Crippen LogP contribution in [0.3, 0.4) is 0 Å². The minimum Gasteiger partial charge on any atom is -0.493 e. The number of nitrogens with zero attached hydrogens (tertiary/aromatic N) is 1. The van der Waals surface area contributed by atoms with Crippen molar-refractivity contribution in [3.05, 3.63) is 23.3 Å². The average Bonchev–Trinajstić information content (AvgIpc) is 2.45. The molecule has 6 heteroatoms. The summed E-state index contributed by atoms with van der Waals surface area (Å²) < 4.78 is 10.5. The Labute approximate surface area is 122 Å². The van der Waals surface area contributed by atoms with Gasteiger partial charge in [0.1, 0.15) is 0 Å². The summed E-state index contributed by atoms with van der Waals surface area (Å²) in [5.41, 5.74) is 1.07. The largest absolute Gasteiger partial charge is 0.493 e. The fraction of sp³-hybridized carbons (Fsp3) is 0.429. The number of aliphatic carboxylic acids is 1. The number of alkyl halides is 1. The van der Waals surface area contributed by atoms with Gasteiger partial charge in [0.2, 0.25) is 0 Å². The quantitative estimate of drug-likeness (QED) is 0.782. The maximum atomic E-state index is 11.2. The van der Waals surface area contributed by atoms with E-state index in [0.717, 1.165) is 0 Å². The number of ether oxygens (including phenoxy) is 2. The Balaban J connectivity index is 3.42. The molecule has 0 amide bonds. The van der Waals surface area contributed by atoms with Crippen LogP contribution in [0.25, 0.3) is 0 Å². The number of carbonyl (C=O) groups is 1. The first-order valence-corrected chi connectivity index (χ1v) is 6.56. The lowest BCUT2D eigenvalue weighted by Gasteiger charge is -2.17. The number of rotatable bonds is 7. The lowest BCUT2D eigenvalue weighted by molar-refractivity contribution is -0.137. The van der Waals surface area contributed by atoms with Crippen LogP contribution >= 0.6 is 11.6 Å². The zero-order valence-corrected chi connectivity index (χ0v) is 12.1. The Hall–Kier alpha value is -1.93. The predicted octanol–water partition coefficient (Wildman–Crippen LogP) is 2.57. The molecule has 1 aromatic rings. The third kappa shape index (κ3) is 3.34. The molecular weight excluding hydrogens is 282 g/mol. The number of hydrogen-bond donors (Lipinski definition) is 1. The molecule has 0 aliphatic heterocycles. The lowest BCUT2D eigenvalue weighted by Crippen LogP contribution is -2.13. The van der Waals surface area contributed by atoms with Crippen LogP contribution in [0.1, 0.15) is 23.5 Å². The van der Waals surface area contributed by atoms with Gasteiger partial charge in [-0.25, -0.2) is 0 Å². The number of nitriles is 1. The minimum atomic E-state index is -1.24. The van der Waals surface area contributed by atoms with Gasteiger partial charge in [-0.05, 0) is 24.5 Å². The predicted molar refractivity (Wildman–Crippen MR) is 74.6 cm³/mol. The molecule has 0 aliphatic rings. The van der Waals surface area contributed by atoms with E-state index >= 15 is 0 Å². The van der Waals surface area contributed by atoms with Gasteiger partial charge in [0.25, 0.3) is 0 Å². The summed E-state index contributed by atoms with van der Waals surface area (Å²) in [6, 6.07) is 4.99. The maximum absolute atomic E-state index is 11.2. The van der Waals surface area contributed by atoms with Crippen molar-refractivity contribution in [2.45, 2.75) is 18.8 Å². The molecule has 1 atom stereocenters. The highest BCUT2D eigenvalue weighted by Crippen LogP contribution is 2.37. The molecule has 5 nitrogen and oxygen atoms in total. The van der Waals surface area contributed by atoms with Crippen LogP contribution in [-0.2, 0) is 11.2 Å². The Morgan fingerprint density at radius 3 is 2.60 bits per heavy atom. The summed E-state index contributed by atoms with van der Waals surface area (Å²) in [5, 5.41) is 18.2. The van der Waals surface area contributed by atoms with E-state index < -0.39 is 11.9 Å². The minimum absolute atomic E-state index is 0.419. The standard InChI is InChI=1S/C14H16ClNO4/c1-19-12-6-5-9(11(8-16)14(17)18)10(4-3-7-15)13(12)20-2/h5-6,11H,3-4,7H2,1-2H3,(H,17,18). The number of benzene rings is 1. The Morgan fingerprint density at radius 2 is 2.15 bits per heavy atom. The van der Waals surface area contributed by atoms with Gasteiger partial charge in [-0.3, -0.25) is 4.79 Å². The SMILES string of the molecule is COc1ccc(C(C#N)C(=O)O)c(CCCCl)c1OC. The number of halogens is 1. The molecule has 1 N–H and O–H groups in total. The van der Waals surface area contributed by atoms with Crippen molar-refractivity contribution in [3.63, 3.8) is 0 Å². The topological polar surface area (TPSA) is 79.5 Å². The number of carboxylic acid groups (broad SMARTS) is 1. The van der Waals surface area contributed by atoms with E-state index in [1.165, 1.54) is 14.2 Å². The van der Waals surface area contributed by atoms with E-state index in [2.05, 4.69) is 0 Å². The number of methoxy groups -OCH3 is 2. The van der Waals surface area contributed by atoms with E-state index in [4.69, 9.17) is 31.4 Å². The van der Waals surface area contributed by atoms with Crippen molar-refractivity contribution in [2.75, 3.05) is 20.1 Å². The highest BCUT2D eigenvalue weighted by molar-refractivity contribution is 6.17. The fourth-order valence-corrected chi connectivity index (χ4v) is 2.17. The smallest absolute Gasteiger partial charge is 0.325 e. The van der Waals surface area contributed by atoms with E-state index in [-0.39, 0.29) is 0 Å². The number of hydrogen-bond acceptors (Lipinski definition) is 4. The molecule has 0 aromatic heterocycles. The van der Waals surface area contributed by atoms with Gasteiger partial charge in [-0.15, -0.1) is 11.6 Å². The summed E-state index contributed by atoms with van der Waals surface area (Å²) in [6.07, 6.45) is 1.17. The summed E-state index contributed by atoms with van der Waals surface area (Å²) in [7, 11) is 2.98. The van der Waals surface area contributed by atoms with E-state index in [1.807, 2.05) is 0 Å². The van der Waals surface area contributed by atoms with Gasteiger partial charge in [0, 0.05) is 11.4 Å². The monoisotopic (exact) mass is 297 g/mol. The molecule has 0 heterocycles. The molecule has 0 fully saturated rings. The molecule has 0 aliphatic carbocycles. The Morgan fingerprint density at radius 1 is 1.45 bits per heavy atom. The van der Waals surface area contributed by atoms with Crippen LogP contribution in [0.5, 0.6) is 11.5 Å². The summed E-state index contributed by atoms with van der Waals surface area (Å²) in [4.78, 5) is 11.2. The molecule has 0 saturated heterocycles. The molecule has 0 saturated carbocycles. The second-order valence-electron chi connectivity index (χ2n) is 4.06. The van der Waals surface area contributed by atoms with Crippen LogP contribution < -0.4 is 9.47 Å². The van der Waals surface area contributed by atoms with Crippen molar-refractivity contribution in [1.82, 2.24) is 0 Å². The van der Waals surface area contributed by atoms with Gasteiger partial charge in [-0.1, -0.05) is 6.07 Å². The molecule has 1 aromatic carbocycles. The molecule has 0 radical (unpaired) electrons. The molecular formula is C14H16ClNO4. The molecule has 108 valence electrons. The Kier molecular flexibility index (Phi) is 6.13. The second kappa shape index (κ2) is 7.61. The summed E-state index contributed by atoms with van der Waals surface area (Å²) >= 11 is 5.70. The first-order valence-electron chi connectivity index (χ1n) is 6.02. The van der Waals surface area contributed by atoms with Gasteiger partial charge < -0.3 is 14.6 Å². The lowest BCUT2D eigenvalue weighted by atomic mass is 9.92. The van der Waals surface area contributed by atoms with Crippen molar-refractivity contribution in [3.8, 4) is 17.6 Å². The molecule has 0 spiro atoms. The third-order valence-corrected chi connectivity index (χ3v) is 3.20. The average molecular weight is 298 g/mol. The first-order chi connectivity index (χ1) is 9.60. The second-order valence-corrected chi connectivity index (χ2v) is 4.44. The van der Waals surface area contributed by atoms with Crippen LogP contribution in [0.2, 0.25) is 0 Å². The van der Waals surface area contributed by atoms with Gasteiger partial charge >= 0.3 is 5.97 Å². The normalized spacial score (nSPS) is 11.5. The zero-order chi connectivity index (χ0) is 15.1. The van der Waals surface area contributed by atoms with Crippen LogP contribution in [0.4, 0.5) is 0 Å². The molecule has 1 unspecified atom stereocenters. The van der Waals surface area contributed by atoms with Crippen LogP contribution in [-0.4, -0.2) is 31.2 Å². The van der Waals surface area contributed by atoms with Crippen molar-refractivity contribution < 1.29 is 19.4 Å². The van der Waals surface area contributed by atoms with Gasteiger partial charge in [-0.2, -0.15) is 5.26 Å². The van der Waals surface area contributed by atoms with E-state index in [0.29, 0.717) is 41.3 Å². The van der Waals surface area contributed by atoms with Crippen LogP contribution in [0, 0.1) is 11.3 Å². The maximum Gasteiger partial charge on any atom is 0.325 e. The zero-order valence-electron chi connectivity index (χ0n) is 11.4. The molecule has 1 rings (SSSR count). The highest BCUT2D eigenvalue weighted by atomic mass is 35.5. The number of carboxylic acids is 1. The highest BCUT2D eigenvalue weighted by Gasteiger charge is 2.25. The summed E-state index contributed by atoms with van der Waals surface area (Å²) in [5.74, 6) is -1.03. The first kappa shape index (κ1) is 16.1. The van der Waals surface area contributed by atoms with Crippen molar-refractivity contribution in [1.29, 1.82) is 5.26 Å². The van der Waals surface area contributed by atoms with Crippen molar-refractivity contribution >= 4 is 17.6 Å². The van der Waals surface area contributed by atoms with Gasteiger partial charge in [0.05, 0.1) is 20.3 Å². The van der Waals surface area contributed by atoms with Crippen LogP contribution in [0.15, 0.2) is 12.1 Å². The van der Waals surface area contributed by atoms with E-state index in [1.54, 1.807) is 18.2 Å².